The predicted molar refractivity (Wildman–Crippen MR) is 88.4 cm³/mol. The highest BCUT2D eigenvalue weighted by Crippen LogP contribution is 2.13. The molecule has 0 atom stereocenters. The first kappa shape index (κ1) is 17.4. The van der Waals surface area contributed by atoms with Crippen LogP contribution in [0.3, 0.4) is 0 Å². The number of carbonyl (C=O) groups excluding carboxylic acids is 2. The Kier molecular flexibility index (Phi) is 7.36. The van der Waals surface area contributed by atoms with Gasteiger partial charge in [-0.2, -0.15) is 0 Å². The zero-order valence-electron chi connectivity index (χ0n) is 12.7. The molecule has 5 nitrogen and oxygen atoms in total. The molecule has 0 heterocycles. The Balaban J connectivity index is 0.00000116. The Morgan fingerprint density at radius 3 is 2.27 bits per heavy atom. The minimum atomic E-state index is -0.308. The first-order valence-corrected chi connectivity index (χ1v) is 6.88. The van der Waals surface area contributed by atoms with Gasteiger partial charge in [0, 0.05) is 24.0 Å². The molecule has 22 heavy (non-hydrogen) atoms. The molecule has 0 bridgehead atoms. The zero-order valence-corrected chi connectivity index (χ0v) is 12.7. The summed E-state index contributed by atoms with van der Waals surface area (Å²) in [4.78, 5) is 22.4. The lowest BCUT2D eigenvalue weighted by Crippen LogP contribution is -2.19. The van der Waals surface area contributed by atoms with E-state index in [4.69, 9.17) is 5.11 Å². The van der Waals surface area contributed by atoms with Crippen LogP contribution < -0.4 is 10.6 Å². The standard InChI is InChI=1S/C16H16N2O2.CH4O/c1-2-12-4-3-5-15(10-12)18-16(20)17-14-8-6-13(11-19)7-9-14;1-2/h3-11H,2H2,1H3,(H2,17,18,20);2H,1H3. The molecule has 116 valence electrons. The van der Waals surface area contributed by atoms with Crippen LogP contribution in [0, 0.1) is 0 Å². The van der Waals surface area contributed by atoms with Crippen LogP contribution in [0.15, 0.2) is 48.5 Å². The third-order valence-electron chi connectivity index (χ3n) is 2.90. The molecule has 2 rings (SSSR count). The number of aliphatic hydroxyl groups is 1. The third-order valence-corrected chi connectivity index (χ3v) is 2.90. The molecule has 5 heteroatoms. The van der Waals surface area contributed by atoms with Crippen LogP contribution in [0.4, 0.5) is 16.2 Å². The van der Waals surface area contributed by atoms with Gasteiger partial charge in [0.2, 0.25) is 0 Å². The van der Waals surface area contributed by atoms with Crippen LogP contribution in [-0.4, -0.2) is 24.5 Å². The fourth-order valence-electron chi connectivity index (χ4n) is 1.81. The Morgan fingerprint density at radius 2 is 1.68 bits per heavy atom. The number of carbonyl (C=O) groups is 2. The molecule has 0 saturated carbocycles. The maximum atomic E-state index is 11.8. The first-order valence-electron chi connectivity index (χ1n) is 6.88. The van der Waals surface area contributed by atoms with Crippen molar-refractivity contribution < 1.29 is 14.7 Å². The predicted octanol–water partition coefficient (Wildman–Crippen LogP) is 3.31. The van der Waals surface area contributed by atoms with Crippen LogP contribution in [0.1, 0.15) is 22.8 Å². The van der Waals surface area contributed by atoms with Crippen LogP contribution in [0.2, 0.25) is 0 Å². The lowest BCUT2D eigenvalue weighted by Gasteiger charge is -2.08. The van der Waals surface area contributed by atoms with Crippen molar-refractivity contribution >= 4 is 23.7 Å². The van der Waals surface area contributed by atoms with E-state index in [2.05, 4.69) is 17.6 Å². The topological polar surface area (TPSA) is 78.4 Å². The van der Waals surface area contributed by atoms with Crippen LogP contribution in [-0.2, 0) is 6.42 Å². The Hall–Kier alpha value is -2.66. The Labute approximate surface area is 130 Å². The lowest BCUT2D eigenvalue weighted by molar-refractivity contribution is 0.112. The van der Waals surface area contributed by atoms with Gasteiger partial charge in [0.25, 0.3) is 0 Å². The minimum Gasteiger partial charge on any atom is -0.400 e. The summed E-state index contributed by atoms with van der Waals surface area (Å²) in [5.41, 5.74) is 3.14. The summed E-state index contributed by atoms with van der Waals surface area (Å²) >= 11 is 0. The maximum Gasteiger partial charge on any atom is 0.323 e. The second-order valence-electron chi connectivity index (χ2n) is 4.37. The van der Waals surface area contributed by atoms with E-state index < -0.39 is 0 Å². The molecule has 0 radical (unpaired) electrons. The summed E-state index contributed by atoms with van der Waals surface area (Å²) in [7, 11) is 1.00. The maximum absolute atomic E-state index is 11.8. The van der Waals surface area contributed by atoms with Crippen molar-refractivity contribution in [1.29, 1.82) is 0 Å². The van der Waals surface area contributed by atoms with Gasteiger partial charge in [-0.25, -0.2) is 4.79 Å². The third kappa shape index (κ3) is 5.38. The van der Waals surface area contributed by atoms with E-state index in [-0.39, 0.29) is 6.03 Å². The van der Waals surface area contributed by atoms with Gasteiger partial charge in [-0.3, -0.25) is 4.79 Å². The smallest absolute Gasteiger partial charge is 0.323 e. The molecule has 0 unspecified atom stereocenters. The van der Waals surface area contributed by atoms with E-state index >= 15 is 0 Å². The molecule has 3 N–H and O–H groups in total. The largest absolute Gasteiger partial charge is 0.400 e. The fraction of sp³-hybridized carbons (Fsp3) is 0.176. The van der Waals surface area contributed by atoms with E-state index in [9.17, 15) is 9.59 Å². The van der Waals surface area contributed by atoms with Crippen LogP contribution in [0.25, 0.3) is 0 Å². The molecule has 2 aromatic carbocycles. The molecule has 0 aliphatic rings. The van der Waals surface area contributed by atoms with Gasteiger partial charge in [0.1, 0.15) is 6.29 Å². The number of nitrogens with one attached hydrogen (secondary N) is 2. The van der Waals surface area contributed by atoms with E-state index in [1.807, 2.05) is 24.3 Å². The van der Waals surface area contributed by atoms with Crippen molar-refractivity contribution in [3.63, 3.8) is 0 Å². The van der Waals surface area contributed by atoms with Crippen molar-refractivity contribution in [2.45, 2.75) is 13.3 Å². The summed E-state index contributed by atoms with van der Waals surface area (Å²) in [6.07, 6.45) is 1.68. The quantitative estimate of drug-likeness (QED) is 0.758. The lowest BCUT2D eigenvalue weighted by atomic mass is 10.1. The first-order chi connectivity index (χ1) is 10.7. The number of hydrogen-bond donors (Lipinski definition) is 3. The average Bonchev–Trinajstić information content (AvgIpc) is 2.57. The van der Waals surface area contributed by atoms with E-state index in [1.54, 1.807) is 24.3 Å². The number of rotatable bonds is 4. The zero-order chi connectivity index (χ0) is 16.4. The molecular formula is C17H20N2O3. The minimum absolute atomic E-state index is 0.308. The van der Waals surface area contributed by atoms with Gasteiger partial charge < -0.3 is 15.7 Å². The van der Waals surface area contributed by atoms with E-state index in [0.29, 0.717) is 11.3 Å². The molecular weight excluding hydrogens is 280 g/mol. The summed E-state index contributed by atoms with van der Waals surface area (Å²) in [6.45, 7) is 2.06. The molecule has 0 spiro atoms. The number of aldehydes is 1. The molecule has 2 aromatic rings. The number of urea groups is 1. The molecule has 0 fully saturated rings. The average molecular weight is 300 g/mol. The molecule has 0 saturated heterocycles. The highest BCUT2D eigenvalue weighted by molar-refractivity contribution is 5.99. The number of amides is 2. The highest BCUT2D eigenvalue weighted by Gasteiger charge is 2.03. The molecule has 0 aliphatic heterocycles. The number of benzene rings is 2. The fourth-order valence-corrected chi connectivity index (χ4v) is 1.81. The number of anilines is 2. The Bertz CT molecular complexity index is 610. The van der Waals surface area contributed by atoms with Gasteiger partial charge in [-0.1, -0.05) is 19.1 Å². The number of hydrogen-bond acceptors (Lipinski definition) is 3. The van der Waals surface area contributed by atoms with Gasteiger partial charge in [0.15, 0.2) is 0 Å². The van der Waals surface area contributed by atoms with Crippen LogP contribution in [0.5, 0.6) is 0 Å². The second kappa shape index (κ2) is 9.31. The monoisotopic (exact) mass is 300 g/mol. The van der Waals surface area contributed by atoms with Crippen LogP contribution >= 0.6 is 0 Å². The summed E-state index contributed by atoms with van der Waals surface area (Å²) in [5.74, 6) is 0. The number of aryl methyl sites for hydroxylation is 1. The Morgan fingerprint density at radius 1 is 1.05 bits per heavy atom. The summed E-state index contributed by atoms with van der Waals surface area (Å²) in [6, 6.07) is 14.1. The summed E-state index contributed by atoms with van der Waals surface area (Å²) in [5, 5.41) is 12.5. The second-order valence-corrected chi connectivity index (χ2v) is 4.37. The van der Waals surface area contributed by atoms with Crippen molar-refractivity contribution in [3.8, 4) is 0 Å². The van der Waals surface area contributed by atoms with E-state index in [1.165, 1.54) is 0 Å². The molecule has 0 aromatic heterocycles. The summed E-state index contributed by atoms with van der Waals surface area (Å²) < 4.78 is 0. The molecule has 2 amide bonds. The van der Waals surface area contributed by atoms with Gasteiger partial charge >= 0.3 is 6.03 Å². The van der Waals surface area contributed by atoms with Crippen molar-refractivity contribution in [2.75, 3.05) is 17.7 Å². The highest BCUT2D eigenvalue weighted by atomic mass is 16.2. The van der Waals surface area contributed by atoms with Gasteiger partial charge in [-0.15, -0.1) is 0 Å². The van der Waals surface area contributed by atoms with Crippen molar-refractivity contribution in [1.82, 2.24) is 0 Å². The molecule has 0 aliphatic carbocycles. The SMILES string of the molecule is CCc1cccc(NC(=O)Nc2ccc(C=O)cc2)c1.CO. The van der Waals surface area contributed by atoms with Gasteiger partial charge in [0.05, 0.1) is 0 Å². The normalized spacial score (nSPS) is 9.23. The van der Waals surface area contributed by atoms with Crippen molar-refractivity contribution in [3.05, 3.63) is 59.7 Å². The van der Waals surface area contributed by atoms with Crippen molar-refractivity contribution in [2.24, 2.45) is 0 Å². The number of aliphatic hydroxyl groups excluding tert-OH is 1. The van der Waals surface area contributed by atoms with Gasteiger partial charge in [-0.05, 0) is 48.4 Å². The van der Waals surface area contributed by atoms with E-state index in [0.717, 1.165) is 31.1 Å².